The molecule has 0 saturated carbocycles. The van der Waals surface area contributed by atoms with Gasteiger partial charge in [0.1, 0.15) is 11.3 Å². The molecular formula is C14H12N4O. The van der Waals surface area contributed by atoms with Crippen molar-refractivity contribution in [3.05, 3.63) is 58.4 Å². The molecule has 0 spiro atoms. The summed E-state index contributed by atoms with van der Waals surface area (Å²) in [7, 11) is 0. The van der Waals surface area contributed by atoms with Crippen LogP contribution in [0.4, 0.5) is 0 Å². The number of para-hydroxylation sites is 1. The molecule has 3 rings (SSSR count). The van der Waals surface area contributed by atoms with Crippen LogP contribution in [0.1, 0.15) is 11.5 Å². The fourth-order valence-electron chi connectivity index (χ4n) is 2.00. The van der Waals surface area contributed by atoms with Gasteiger partial charge in [-0.1, -0.05) is 18.2 Å². The Bertz CT molecular complexity index is 809. The van der Waals surface area contributed by atoms with Gasteiger partial charge in [-0.3, -0.25) is 4.79 Å². The smallest absolute Gasteiger partial charge is 0.267 e. The maximum absolute atomic E-state index is 12.4. The zero-order valence-corrected chi connectivity index (χ0v) is 10.7. The molecule has 0 N–H and O–H groups in total. The van der Waals surface area contributed by atoms with Crippen molar-refractivity contribution in [1.29, 1.82) is 0 Å². The summed E-state index contributed by atoms with van der Waals surface area (Å²) in [6, 6.07) is 9.32. The molecule has 5 nitrogen and oxygen atoms in total. The number of rotatable bonds is 1. The molecule has 1 aromatic carbocycles. The second-order valence-corrected chi connectivity index (χ2v) is 4.32. The molecule has 0 saturated heterocycles. The topological polar surface area (TPSA) is 60.7 Å². The Balaban J connectivity index is 2.38. The molecule has 5 heteroatoms. The zero-order valence-electron chi connectivity index (χ0n) is 10.7. The predicted molar refractivity (Wildman–Crippen MR) is 72.4 cm³/mol. The maximum Gasteiger partial charge on any atom is 0.282 e. The van der Waals surface area contributed by atoms with Gasteiger partial charge in [-0.2, -0.15) is 9.78 Å². The molecule has 0 aliphatic rings. The van der Waals surface area contributed by atoms with Gasteiger partial charge in [-0.25, -0.2) is 9.97 Å². The molecule has 0 unspecified atom stereocenters. The molecule has 0 bridgehead atoms. The molecule has 2 aromatic heterocycles. The Hall–Kier alpha value is -2.56. The quantitative estimate of drug-likeness (QED) is 0.662. The summed E-state index contributed by atoms with van der Waals surface area (Å²) in [6.07, 6.45) is 1.56. The minimum absolute atomic E-state index is 0.202. The van der Waals surface area contributed by atoms with Gasteiger partial charge in [0.15, 0.2) is 0 Å². The first-order chi connectivity index (χ1) is 9.16. The predicted octanol–water partition coefficient (Wildman–Crippen LogP) is 1.79. The normalized spacial score (nSPS) is 10.8. The summed E-state index contributed by atoms with van der Waals surface area (Å²) in [6.45, 7) is 3.63. The SMILES string of the molecule is Cc1ncc2c(=O)n(-c3ccccc3)nc(C)c2n1. The number of aromatic nitrogens is 4. The van der Waals surface area contributed by atoms with Crippen molar-refractivity contribution in [3.63, 3.8) is 0 Å². The van der Waals surface area contributed by atoms with E-state index in [1.54, 1.807) is 13.1 Å². The first-order valence-electron chi connectivity index (χ1n) is 5.95. The van der Waals surface area contributed by atoms with Crippen LogP contribution in [-0.2, 0) is 0 Å². The van der Waals surface area contributed by atoms with E-state index in [9.17, 15) is 4.79 Å². The van der Waals surface area contributed by atoms with Crippen LogP contribution in [0.3, 0.4) is 0 Å². The van der Waals surface area contributed by atoms with Gasteiger partial charge in [-0.15, -0.1) is 0 Å². The van der Waals surface area contributed by atoms with Crippen LogP contribution >= 0.6 is 0 Å². The third-order valence-corrected chi connectivity index (χ3v) is 2.93. The standard InChI is InChI=1S/C14H12N4O/c1-9-13-12(8-15-10(2)16-13)14(19)18(17-9)11-6-4-3-5-7-11/h3-8H,1-2H3. The lowest BCUT2D eigenvalue weighted by atomic mass is 10.2. The van der Waals surface area contributed by atoms with Crippen LogP contribution < -0.4 is 5.56 Å². The molecule has 2 heterocycles. The first-order valence-corrected chi connectivity index (χ1v) is 5.95. The lowest BCUT2D eigenvalue weighted by Gasteiger charge is -2.08. The number of hydrogen-bond acceptors (Lipinski definition) is 4. The summed E-state index contributed by atoms with van der Waals surface area (Å²) in [4.78, 5) is 20.8. The van der Waals surface area contributed by atoms with E-state index in [4.69, 9.17) is 0 Å². The van der Waals surface area contributed by atoms with E-state index in [0.29, 0.717) is 22.4 Å². The third-order valence-electron chi connectivity index (χ3n) is 2.93. The van der Waals surface area contributed by atoms with Crippen LogP contribution in [0.15, 0.2) is 41.3 Å². The average Bonchev–Trinajstić information content (AvgIpc) is 2.43. The Morgan fingerprint density at radius 2 is 1.84 bits per heavy atom. The van der Waals surface area contributed by atoms with Crippen LogP contribution in [0.2, 0.25) is 0 Å². The van der Waals surface area contributed by atoms with E-state index in [1.807, 2.05) is 37.3 Å². The fraction of sp³-hybridized carbons (Fsp3) is 0.143. The van der Waals surface area contributed by atoms with Gasteiger partial charge in [0, 0.05) is 6.20 Å². The molecule has 0 aliphatic heterocycles. The zero-order chi connectivity index (χ0) is 13.4. The van der Waals surface area contributed by atoms with Gasteiger partial charge < -0.3 is 0 Å². The summed E-state index contributed by atoms with van der Waals surface area (Å²) in [5, 5.41) is 4.81. The Morgan fingerprint density at radius 1 is 1.11 bits per heavy atom. The van der Waals surface area contributed by atoms with Gasteiger partial charge in [0.25, 0.3) is 5.56 Å². The summed E-state index contributed by atoms with van der Waals surface area (Å²) in [5.41, 5.74) is 1.86. The van der Waals surface area contributed by atoms with Crippen LogP contribution in [0.5, 0.6) is 0 Å². The monoisotopic (exact) mass is 252 g/mol. The van der Waals surface area contributed by atoms with Crippen molar-refractivity contribution in [2.75, 3.05) is 0 Å². The highest BCUT2D eigenvalue weighted by Gasteiger charge is 2.10. The highest BCUT2D eigenvalue weighted by atomic mass is 16.1. The van der Waals surface area contributed by atoms with Crippen molar-refractivity contribution in [2.45, 2.75) is 13.8 Å². The minimum atomic E-state index is -0.202. The third kappa shape index (κ3) is 1.89. The number of benzene rings is 1. The van der Waals surface area contributed by atoms with E-state index in [1.165, 1.54) is 4.68 Å². The Morgan fingerprint density at radius 3 is 2.58 bits per heavy atom. The number of aryl methyl sites for hydroxylation is 2. The fourth-order valence-corrected chi connectivity index (χ4v) is 2.00. The van der Waals surface area contributed by atoms with Gasteiger partial charge in [0.2, 0.25) is 0 Å². The molecule has 0 radical (unpaired) electrons. The van der Waals surface area contributed by atoms with Crippen molar-refractivity contribution in [1.82, 2.24) is 19.7 Å². The highest BCUT2D eigenvalue weighted by molar-refractivity contribution is 5.78. The van der Waals surface area contributed by atoms with E-state index >= 15 is 0 Å². The van der Waals surface area contributed by atoms with Gasteiger partial charge in [-0.05, 0) is 26.0 Å². The number of fused-ring (bicyclic) bond motifs is 1. The lowest BCUT2D eigenvalue weighted by molar-refractivity contribution is 0.796. The van der Waals surface area contributed by atoms with Crippen LogP contribution in [-0.4, -0.2) is 19.7 Å². The van der Waals surface area contributed by atoms with Crippen molar-refractivity contribution in [3.8, 4) is 5.69 Å². The van der Waals surface area contributed by atoms with Crippen molar-refractivity contribution >= 4 is 10.9 Å². The van der Waals surface area contributed by atoms with Gasteiger partial charge >= 0.3 is 0 Å². The largest absolute Gasteiger partial charge is 0.282 e. The second-order valence-electron chi connectivity index (χ2n) is 4.32. The average molecular weight is 252 g/mol. The van der Waals surface area contributed by atoms with E-state index in [-0.39, 0.29) is 5.56 Å². The van der Waals surface area contributed by atoms with Crippen LogP contribution in [0, 0.1) is 13.8 Å². The molecule has 0 fully saturated rings. The minimum Gasteiger partial charge on any atom is -0.267 e. The molecule has 0 amide bonds. The van der Waals surface area contributed by atoms with Crippen LogP contribution in [0.25, 0.3) is 16.6 Å². The number of hydrogen-bond donors (Lipinski definition) is 0. The summed E-state index contributed by atoms with van der Waals surface area (Å²) < 4.78 is 1.39. The lowest BCUT2D eigenvalue weighted by Crippen LogP contribution is -2.23. The molecule has 0 atom stereocenters. The molecular weight excluding hydrogens is 240 g/mol. The molecule has 94 valence electrons. The van der Waals surface area contributed by atoms with E-state index < -0.39 is 0 Å². The maximum atomic E-state index is 12.4. The highest BCUT2D eigenvalue weighted by Crippen LogP contribution is 2.11. The van der Waals surface area contributed by atoms with Crippen molar-refractivity contribution < 1.29 is 0 Å². The molecule has 19 heavy (non-hydrogen) atoms. The number of nitrogens with zero attached hydrogens (tertiary/aromatic N) is 4. The summed E-state index contributed by atoms with van der Waals surface area (Å²) in [5.74, 6) is 0.634. The first kappa shape index (κ1) is 11.5. The van der Waals surface area contributed by atoms with Gasteiger partial charge in [0.05, 0.1) is 16.8 Å². The molecule has 3 aromatic rings. The van der Waals surface area contributed by atoms with Crippen molar-refractivity contribution in [2.24, 2.45) is 0 Å². The second kappa shape index (κ2) is 4.28. The van der Waals surface area contributed by atoms with E-state index in [0.717, 1.165) is 5.69 Å². The Labute approximate surface area is 109 Å². The Kier molecular flexibility index (Phi) is 2.59. The van der Waals surface area contributed by atoms with E-state index in [2.05, 4.69) is 15.1 Å². The molecule has 0 aliphatic carbocycles. The summed E-state index contributed by atoms with van der Waals surface area (Å²) >= 11 is 0.